The Hall–Kier alpha value is -1.63. The zero-order valence-electron chi connectivity index (χ0n) is 19.9. The third kappa shape index (κ3) is 7.19. The Morgan fingerprint density at radius 2 is 1.97 bits per heavy atom. The first kappa shape index (κ1) is 25.0. The van der Waals surface area contributed by atoms with Crippen LogP contribution < -0.4 is 9.47 Å². The summed E-state index contributed by atoms with van der Waals surface area (Å²) >= 11 is 0. The van der Waals surface area contributed by atoms with Crippen molar-refractivity contribution in [3.8, 4) is 11.5 Å². The zero-order chi connectivity index (χ0) is 22.8. The number of rotatable bonds is 14. The highest BCUT2D eigenvalue weighted by Gasteiger charge is 2.32. The number of nitrogens with zero attached hydrogens (tertiary/aromatic N) is 1. The molecule has 32 heavy (non-hydrogen) atoms. The molecule has 0 bridgehead atoms. The van der Waals surface area contributed by atoms with E-state index in [9.17, 15) is 9.90 Å². The van der Waals surface area contributed by atoms with Gasteiger partial charge in [-0.2, -0.15) is 0 Å². The van der Waals surface area contributed by atoms with Crippen LogP contribution in [0, 0.1) is 5.92 Å². The van der Waals surface area contributed by atoms with Gasteiger partial charge in [0.2, 0.25) is 0 Å². The van der Waals surface area contributed by atoms with Gasteiger partial charge in [0.15, 0.2) is 11.5 Å². The van der Waals surface area contributed by atoms with Crippen LogP contribution in [-0.4, -0.2) is 61.9 Å². The van der Waals surface area contributed by atoms with Crippen LogP contribution in [0.1, 0.15) is 76.4 Å². The fourth-order valence-corrected chi connectivity index (χ4v) is 4.93. The lowest BCUT2D eigenvalue weighted by atomic mass is 9.89. The number of fused-ring (bicyclic) bond motifs is 1. The number of carbonyl (C=O) groups excluding carboxylic acids is 1. The normalized spacial score (nSPS) is 20.3. The maximum absolute atomic E-state index is 12.8. The molecule has 3 rings (SSSR count). The van der Waals surface area contributed by atoms with Crippen LogP contribution in [0.3, 0.4) is 0 Å². The van der Waals surface area contributed by atoms with E-state index in [-0.39, 0.29) is 11.7 Å². The van der Waals surface area contributed by atoms with E-state index < -0.39 is 6.10 Å². The summed E-state index contributed by atoms with van der Waals surface area (Å²) in [5, 5.41) is 11.3. The highest BCUT2D eigenvalue weighted by atomic mass is 16.6. The average molecular weight is 448 g/mol. The quantitative estimate of drug-likeness (QED) is 0.423. The highest BCUT2D eigenvalue weighted by Crippen LogP contribution is 2.36. The number of ether oxygens (including phenoxy) is 3. The molecule has 2 aliphatic rings. The molecule has 0 amide bonds. The topological polar surface area (TPSA) is 68.2 Å². The van der Waals surface area contributed by atoms with Crippen molar-refractivity contribution in [2.75, 3.05) is 40.0 Å². The summed E-state index contributed by atoms with van der Waals surface area (Å²) in [6.45, 7) is 5.64. The van der Waals surface area contributed by atoms with Crippen LogP contribution in [0.4, 0.5) is 0 Å². The number of aliphatic hydroxyl groups excluding tert-OH is 1. The minimum atomic E-state index is -0.723. The van der Waals surface area contributed by atoms with Gasteiger partial charge in [0, 0.05) is 38.5 Å². The van der Waals surface area contributed by atoms with Gasteiger partial charge in [0.05, 0.1) is 12.7 Å². The van der Waals surface area contributed by atoms with E-state index in [0.29, 0.717) is 56.7 Å². The standard InChI is InChI=1S/C26H41NO5/c1-3-4-5-6-7-10-23(28)16-21(18-27-13-8-9-22(27)19-30-2)26(29)20-11-12-24-25(17-20)32-15-14-31-24/h11-12,17,21-22,26,29H,3-10,13-16,18-19H2,1-2H3/t21-,22?,26-/m1/s1. The molecule has 0 saturated carbocycles. The first-order valence-electron chi connectivity index (χ1n) is 12.4. The average Bonchev–Trinajstić information content (AvgIpc) is 3.24. The number of methoxy groups -OCH3 is 1. The van der Waals surface area contributed by atoms with Crippen LogP contribution in [0.25, 0.3) is 0 Å². The SMILES string of the molecule is CCCCCCCC(=O)C[C@H](CN1CCCC1COC)[C@H](O)c1ccc2c(c1)OCCO2. The minimum Gasteiger partial charge on any atom is -0.486 e. The maximum Gasteiger partial charge on any atom is 0.161 e. The predicted octanol–water partition coefficient (Wildman–Crippen LogP) is 4.54. The van der Waals surface area contributed by atoms with E-state index in [1.807, 2.05) is 18.2 Å². The number of aliphatic hydroxyl groups is 1. The predicted molar refractivity (Wildman–Crippen MR) is 125 cm³/mol. The van der Waals surface area contributed by atoms with Crippen LogP contribution in [0.2, 0.25) is 0 Å². The van der Waals surface area contributed by atoms with E-state index in [1.165, 1.54) is 19.3 Å². The lowest BCUT2D eigenvalue weighted by molar-refractivity contribution is -0.121. The second-order valence-electron chi connectivity index (χ2n) is 9.26. The molecule has 6 heteroatoms. The Bertz CT molecular complexity index is 709. The number of hydrogen-bond acceptors (Lipinski definition) is 6. The summed E-state index contributed by atoms with van der Waals surface area (Å²) in [6.07, 6.45) is 8.20. The zero-order valence-corrected chi connectivity index (χ0v) is 19.9. The minimum absolute atomic E-state index is 0.154. The molecule has 2 aliphatic heterocycles. The van der Waals surface area contributed by atoms with Crippen molar-refractivity contribution in [1.29, 1.82) is 0 Å². The van der Waals surface area contributed by atoms with Gasteiger partial charge in [-0.1, -0.05) is 38.7 Å². The summed E-state index contributed by atoms with van der Waals surface area (Å²) in [5.41, 5.74) is 0.789. The van der Waals surface area contributed by atoms with Crippen molar-refractivity contribution in [2.45, 2.75) is 76.9 Å². The third-order valence-electron chi connectivity index (χ3n) is 6.73. The lowest BCUT2D eigenvalue weighted by Gasteiger charge is -2.31. The molecule has 0 aliphatic carbocycles. The Morgan fingerprint density at radius 3 is 2.75 bits per heavy atom. The number of benzene rings is 1. The van der Waals surface area contributed by atoms with Gasteiger partial charge in [-0.05, 0) is 43.5 Å². The van der Waals surface area contributed by atoms with Crippen LogP contribution >= 0.6 is 0 Å². The number of carbonyl (C=O) groups is 1. The van der Waals surface area contributed by atoms with Crippen molar-refractivity contribution >= 4 is 5.78 Å². The largest absolute Gasteiger partial charge is 0.486 e. The van der Waals surface area contributed by atoms with Gasteiger partial charge in [0.1, 0.15) is 19.0 Å². The summed E-state index contributed by atoms with van der Waals surface area (Å²) < 4.78 is 16.7. The molecule has 1 aromatic rings. The Kier molecular flexibility index (Phi) is 10.3. The Balaban J connectivity index is 1.67. The molecule has 1 fully saturated rings. The van der Waals surface area contributed by atoms with Crippen molar-refractivity contribution in [3.05, 3.63) is 23.8 Å². The van der Waals surface area contributed by atoms with E-state index in [0.717, 1.165) is 37.8 Å². The molecule has 1 saturated heterocycles. The van der Waals surface area contributed by atoms with E-state index in [1.54, 1.807) is 7.11 Å². The van der Waals surface area contributed by atoms with Gasteiger partial charge in [-0.15, -0.1) is 0 Å². The van der Waals surface area contributed by atoms with Crippen LogP contribution in [-0.2, 0) is 9.53 Å². The molecule has 1 unspecified atom stereocenters. The van der Waals surface area contributed by atoms with Crippen LogP contribution in [0.5, 0.6) is 11.5 Å². The second-order valence-corrected chi connectivity index (χ2v) is 9.26. The number of unbranched alkanes of at least 4 members (excludes halogenated alkanes) is 4. The Labute approximate surface area is 193 Å². The van der Waals surface area contributed by atoms with Gasteiger partial charge in [-0.25, -0.2) is 0 Å². The monoisotopic (exact) mass is 447 g/mol. The van der Waals surface area contributed by atoms with E-state index >= 15 is 0 Å². The molecule has 180 valence electrons. The number of ketones is 1. The third-order valence-corrected chi connectivity index (χ3v) is 6.73. The van der Waals surface area contributed by atoms with Crippen molar-refractivity contribution in [1.82, 2.24) is 4.90 Å². The molecule has 6 nitrogen and oxygen atoms in total. The van der Waals surface area contributed by atoms with Gasteiger partial charge >= 0.3 is 0 Å². The van der Waals surface area contributed by atoms with Gasteiger partial charge in [-0.3, -0.25) is 9.69 Å². The van der Waals surface area contributed by atoms with E-state index in [2.05, 4.69) is 11.8 Å². The van der Waals surface area contributed by atoms with Gasteiger partial charge in [0.25, 0.3) is 0 Å². The first-order valence-corrected chi connectivity index (χ1v) is 12.4. The molecule has 2 heterocycles. The number of hydrogen-bond donors (Lipinski definition) is 1. The fourth-order valence-electron chi connectivity index (χ4n) is 4.93. The molecule has 0 spiro atoms. The summed E-state index contributed by atoms with van der Waals surface area (Å²) in [6, 6.07) is 6.00. The summed E-state index contributed by atoms with van der Waals surface area (Å²) in [5.74, 6) is 1.49. The second kappa shape index (κ2) is 13.2. The van der Waals surface area contributed by atoms with E-state index in [4.69, 9.17) is 14.2 Å². The van der Waals surface area contributed by atoms with Crippen molar-refractivity contribution in [2.24, 2.45) is 5.92 Å². The molecule has 1 aromatic carbocycles. The molecular formula is C26H41NO5. The molecule has 0 aromatic heterocycles. The summed E-state index contributed by atoms with van der Waals surface area (Å²) in [7, 11) is 1.74. The molecule has 3 atom stereocenters. The fraction of sp³-hybridized carbons (Fsp3) is 0.731. The van der Waals surface area contributed by atoms with Crippen molar-refractivity contribution in [3.63, 3.8) is 0 Å². The number of Topliss-reactive ketones (excluding diaryl/α,β-unsaturated/α-hetero) is 1. The summed E-state index contributed by atoms with van der Waals surface area (Å²) in [4.78, 5) is 15.2. The van der Waals surface area contributed by atoms with Crippen molar-refractivity contribution < 1.29 is 24.1 Å². The Morgan fingerprint density at radius 1 is 1.19 bits per heavy atom. The molecule has 0 radical (unpaired) electrons. The molecular weight excluding hydrogens is 406 g/mol. The molecule has 1 N–H and O–H groups in total. The number of likely N-dealkylation sites (tertiary alicyclic amines) is 1. The first-order chi connectivity index (χ1) is 15.6. The smallest absolute Gasteiger partial charge is 0.161 e. The van der Waals surface area contributed by atoms with Crippen LogP contribution in [0.15, 0.2) is 18.2 Å². The lowest BCUT2D eigenvalue weighted by Crippen LogP contribution is -2.39. The highest BCUT2D eigenvalue weighted by molar-refractivity contribution is 5.78. The van der Waals surface area contributed by atoms with Gasteiger partial charge < -0.3 is 19.3 Å². The maximum atomic E-state index is 12.8.